The highest BCUT2D eigenvalue weighted by Crippen LogP contribution is 2.58. The molecule has 0 bridgehead atoms. The minimum Gasteiger partial charge on any atom is -0.331 e. The van der Waals surface area contributed by atoms with Gasteiger partial charge >= 0.3 is 0 Å². The molecule has 6 aromatic rings. The summed E-state index contributed by atoms with van der Waals surface area (Å²) in [6.07, 6.45) is 13.3. The number of hydrogen-bond acceptors (Lipinski definition) is 4. The Balaban J connectivity index is 1.25. The van der Waals surface area contributed by atoms with E-state index in [0.717, 1.165) is 22.5 Å². The van der Waals surface area contributed by atoms with Gasteiger partial charge in [0.25, 0.3) is 0 Å². The van der Waals surface area contributed by atoms with Crippen molar-refractivity contribution in [1.82, 2.24) is 4.57 Å². The molecule has 3 heterocycles. The number of anilines is 2. The molecule has 5 heteroatoms. The Morgan fingerprint density at radius 2 is 1.46 bits per heavy atom. The van der Waals surface area contributed by atoms with Crippen LogP contribution < -0.4 is 4.90 Å². The second-order valence-corrected chi connectivity index (χ2v) is 12.8. The monoisotopic (exact) mass is 615 g/mol. The summed E-state index contributed by atoms with van der Waals surface area (Å²) in [6, 6.07) is 42.7. The largest absolute Gasteiger partial charge is 0.331 e. The predicted octanol–water partition coefficient (Wildman–Crippen LogP) is 9.49. The van der Waals surface area contributed by atoms with E-state index in [2.05, 4.69) is 143 Å². The van der Waals surface area contributed by atoms with Crippen LogP contribution in [0, 0.1) is 17.2 Å². The van der Waals surface area contributed by atoms with Gasteiger partial charge in [0.05, 0.1) is 40.6 Å². The van der Waals surface area contributed by atoms with Gasteiger partial charge in [0.15, 0.2) is 0 Å². The van der Waals surface area contributed by atoms with Crippen molar-refractivity contribution in [3.05, 3.63) is 174 Å². The number of nitriles is 1. The summed E-state index contributed by atoms with van der Waals surface area (Å²) >= 11 is 0. The first kappa shape index (κ1) is 26.9. The Hall–Kier alpha value is -6.25. The number of aliphatic imine (C=N–C) groups is 2. The van der Waals surface area contributed by atoms with Gasteiger partial charge in [-0.3, -0.25) is 4.57 Å². The Kier molecular flexibility index (Phi) is 5.82. The number of aromatic nitrogens is 1. The third-order valence-corrected chi connectivity index (χ3v) is 10.3. The van der Waals surface area contributed by atoms with Crippen LogP contribution >= 0.6 is 0 Å². The topological polar surface area (TPSA) is 56.7 Å². The first-order valence-corrected chi connectivity index (χ1v) is 16.5. The molecule has 226 valence electrons. The van der Waals surface area contributed by atoms with Crippen molar-refractivity contribution in [3.63, 3.8) is 0 Å². The van der Waals surface area contributed by atoms with Gasteiger partial charge in [0.1, 0.15) is 0 Å². The quantitative estimate of drug-likeness (QED) is 0.195. The molecule has 0 saturated carbocycles. The standard InChI is InChI=1S/C43H29N5/c44-26-27-18-20-29(21-19-27)40-34-15-6-8-16-36(34)45-43(46-40)48-37-17-9-7-14-32(37)33-23-24-35-39-31-13-5-4-10-28(31)22-25-38(39)47(42(35)41(33)48)30-11-2-1-3-12-30/h1-25,34-36,42H. The summed E-state index contributed by atoms with van der Waals surface area (Å²) in [5.41, 5.74) is 9.86. The minimum atomic E-state index is -0.0881. The normalized spacial score (nSPS) is 21.7. The van der Waals surface area contributed by atoms with Crippen molar-refractivity contribution < 1.29 is 0 Å². The van der Waals surface area contributed by atoms with Crippen LogP contribution in [0.15, 0.2) is 156 Å². The molecule has 5 nitrogen and oxygen atoms in total. The smallest absolute Gasteiger partial charge is 0.230 e. The molecule has 0 amide bonds. The highest BCUT2D eigenvalue weighted by Gasteiger charge is 2.45. The Bertz CT molecular complexity index is 2490. The number of nitrogens with zero attached hydrogens (tertiary/aromatic N) is 5. The van der Waals surface area contributed by atoms with Gasteiger partial charge < -0.3 is 4.90 Å². The zero-order chi connectivity index (χ0) is 31.8. The van der Waals surface area contributed by atoms with Crippen molar-refractivity contribution in [2.45, 2.75) is 18.0 Å². The molecule has 0 fully saturated rings. The van der Waals surface area contributed by atoms with Crippen molar-refractivity contribution in [1.29, 1.82) is 5.26 Å². The molecule has 4 unspecified atom stereocenters. The van der Waals surface area contributed by atoms with E-state index in [1.54, 1.807) is 0 Å². The van der Waals surface area contributed by atoms with Crippen LogP contribution in [0.3, 0.4) is 0 Å². The summed E-state index contributed by atoms with van der Waals surface area (Å²) in [5, 5.41) is 13.2. The molecule has 5 aromatic carbocycles. The molecule has 2 aliphatic carbocycles. The average Bonchev–Trinajstić information content (AvgIpc) is 3.68. The Morgan fingerprint density at radius 1 is 0.688 bits per heavy atom. The molecular formula is C43H29N5. The summed E-state index contributed by atoms with van der Waals surface area (Å²) < 4.78 is 2.34. The summed E-state index contributed by atoms with van der Waals surface area (Å²) in [5.74, 6) is 0.828. The minimum absolute atomic E-state index is 0.0138. The van der Waals surface area contributed by atoms with E-state index in [1.165, 1.54) is 38.7 Å². The average molecular weight is 616 g/mol. The highest BCUT2D eigenvalue weighted by molar-refractivity contribution is 6.14. The molecule has 48 heavy (non-hydrogen) atoms. The number of hydrogen-bond donors (Lipinski definition) is 0. The fourth-order valence-electron chi connectivity index (χ4n) is 8.26. The van der Waals surface area contributed by atoms with Gasteiger partial charge in [0.2, 0.25) is 5.96 Å². The maximum absolute atomic E-state index is 9.48. The van der Waals surface area contributed by atoms with Crippen LogP contribution in [-0.2, 0) is 0 Å². The lowest BCUT2D eigenvalue weighted by molar-refractivity contribution is 0.637. The van der Waals surface area contributed by atoms with Gasteiger partial charge in [-0.05, 0) is 58.3 Å². The number of rotatable bonds is 2. The Labute approximate surface area is 278 Å². The van der Waals surface area contributed by atoms with Crippen LogP contribution in [0.5, 0.6) is 0 Å². The maximum Gasteiger partial charge on any atom is 0.230 e. The van der Waals surface area contributed by atoms with E-state index >= 15 is 0 Å². The van der Waals surface area contributed by atoms with E-state index in [-0.39, 0.29) is 23.9 Å². The summed E-state index contributed by atoms with van der Waals surface area (Å²) in [6.45, 7) is 0. The van der Waals surface area contributed by atoms with E-state index in [4.69, 9.17) is 9.98 Å². The zero-order valence-corrected chi connectivity index (χ0v) is 26.0. The van der Waals surface area contributed by atoms with Gasteiger partial charge in [-0.2, -0.15) is 5.26 Å². The number of benzene rings is 5. The molecule has 4 aliphatic rings. The van der Waals surface area contributed by atoms with Crippen molar-refractivity contribution >= 4 is 50.8 Å². The number of allylic oxidation sites excluding steroid dienone is 2. The molecule has 0 radical (unpaired) electrons. The lowest BCUT2D eigenvalue weighted by Gasteiger charge is -2.34. The fraction of sp³-hybridized carbons (Fsp3) is 0.0930. The van der Waals surface area contributed by atoms with Gasteiger partial charge in [-0.1, -0.05) is 115 Å². The predicted molar refractivity (Wildman–Crippen MR) is 195 cm³/mol. The van der Waals surface area contributed by atoms with Gasteiger partial charge in [-0.25, -0.2) is 9.98 Å². The lowest BCUT2D eigenvalue weighted by Crippen LogP contribution is -2.35. The SMILES string of the molecule is N#Cc1ccc(C2=NC(n3c4c(c5ccccc53)C=CC3c5c(ccc6ccccc56)N(c5ccccc5)C43)=NC3C=CC=CC23)cc1. The molecule has 2 aliphatic heterocycles. The van der Waals surface area contributed by atoms with Crippen LogP contribution in [0.1, 0.15) is 39.9 Å². The first-order valence-electron chi connectivity index (χ1n) is 16.5. The molecule has 0 spiro atoms. The Morgan fingerprint density at radius 3 is 2.31 bits per heavy atom. The van der Waals surface area contributed by atoms with Crippen LogP contribution in [0.25, 0.3) is 27.8 Å². The van der Waals surface area contributed by atoms with Gasteiger partial charge in [-0.15, -0.1) is 0 Å². The van der Waals surface area contributed by atoms with E-state index in [0.29, 0.717) is 11.5 Å². The number of fused-ring (bicyclic) bond motifs is 10. The highest BCUT2D eigenvalue weighted by atomic mass is 15.3. The number of para-hydroxylation sites is 2. The molecule has 0 saturated heterocycles. The van der Waals surface area contributed by atoms with Gasteiger partial charge in [0, 0.05) is 34.2 Å². The summed E-state index contributed by atoms with van der Waals surface area (Å²) in [7, 11) is 0. The second kappa shape index (κ2) is 10.4. The van der Waals surface area contributed by atoms with E-state index < -0.39 is 0 Å². The second-order valence-electron chi connectivity index (χ2n) is 12.8. The van der Waals surface area contributed by atoms with Crippen LogP contribution in [-0.4, -0.2) is 22.3 Å². The van der Waals surface area contributed by atoms with E-state index in [1.807, 2.05) is 24.3 Å². The van der Waals surface area contributed by atoms with Crippen molar-refractivity contribution in [2.75, 3.05) is 4.90 Å². The van der Waals surface area contributed by atoms with E-state index in [9.17, 15) is 5.26 Å². The van der Waals surface area contributed by atoms with Crippen LogP contribution in [0.4, 0.5) is 11.4 Å². The molecule has 10 rings (SSSR count). The molecule has 0 N–H and O–H groups in total. The van der Waals surface area contributed by atoms with Crippen molar-refractivity contribution in [2.24, 2.45) is 15.9 Å². The third kappa shape index (κ3) is 3.84. The maximum atomic E-state index is 9.48. The molecule has 1 aromatic heterocycles. The molecular weight excluding hydrogens is 587 g/mol. The first-order chi connectivity index (χ1) is 23.8. The third-order valence-electron chi connectivity index (χ3n) is 10.3. The van der Waals surface area contributed by atoms with Crippen LogP contribution in [0.2, 0.25) is 0 Å². The lowest BCUT2D eigenvalue weighted by atomic mass is 9.84. The fourth-order valence-corrected chi connectivity index (χ4v) is 8.26. The molecule has 4 atom stereocenters. The summed E-state index contributed by atoms with van der Waals surface area (Å²) in [4.78, 5) is 13.3. The zero-order valence-electron chi connectivity index (χ0n) is 26.0. The van der Waals surface area contributed by atoms with Crippen molar-refractivity contribution in [3.8, 4) is 6.07 Å².